The van der Waals surface area contributed by atoms with E-state index in [1.54, 1.807) is 23.9 Å². The first-order chi connectivity index (χ1) is 8.13. The SMILES string of the molecule is CCCc1nc(-c2cccc(F)c2N)n(C)n1. The summed E-state index contributed by atoms with van der Waals surface area (Å²) in [7, 11) is 1.78. The number of nitrogens with zero attached hydrogens (tertiary/aromatic N) is 3. The average molecular weight is 234 g/mol. The van der Waals surface area contributed by atoms with Gasteiger partial charge in [-0.3, -0.25) is 0 Å². The number of benzene rings is 1. The molecule has 5 heteroatoms. The third-order valence-electron chi connectivity index (χ3n) is 2.57. The molecule has 1 aromatic heterocycles. The van der Waals surface area contributed by atoms with Crippen molar-refractivity contribution in [2.45, 2.75) is 19.8 Å². The van der Waals surface area contributed by atoms with Crippen LogP contribution in [0, 0.1) is 5.82 Å². The van der Waals surface area contributed by atoms with Gasteiger partial charge in [-0.1, -0.05) is 13.0 Å². The molecule has 0 aliphatic heterocycles. The van der Waals surface area contributed by atoms with E-state index in [-0.39, 0.29) is 5.69 Å². The van der Waals surface area contributed by atoms with Crippen molar-refractivity contribution in [1.29, 1.82) is 0 Å². The molecule has 0 saturated carbocycles. The number of hydrogen-bond acceptors (Lipinski definition) is 3. The summed E-state index contributed by atoms with van der Waals surface area (Å²) >= 11 is 0. The maximum Gasteiger partial charge on any atom is 0.160 e. The highest BCUT2D eigenvalue weighted by Crippen LogP contribution is 2.26. The van der Waals surface area contributed by atoms with Crippen LogP contribution in [0.5, 0.6) is 0 Å². The molecule has 2 aromatic rings. The number of para-hydroxylation sites is 1. The molecule has 0 fully saturated rings. The van der Waals surface area contributed by atoms with Gasteiger partial charge in [0.1, 0.15) is 5.82 Å². The zero-order valence-electron chi connectivity index (χ0n) is 9.94. The van der Waals surface area contributed by atoms with Gasteiger partial charge in [-0.15, -0.1) is 0 Å². The fourth-order valence-corrected chi connectivity index (χ4v) is 1.73. The van der Waals surface area contributed by atoms with Gasteiger partial charge in [-0.2, -0.15) is 5.10 Å². The molecule has 90 valence electrons. The zero-order chi connectivity index (χ0) is 12.4. The van der Waals surface area contributed by atoms with Crippen LogP contribution in [0.25, 0.3) is 11.4 Å². The van der Waals surface area contributed by atoms with Crippen molar-refractivity contribution in [2.24, 2.45) is 7.05 Å². The molecule has 0 saturated heterocycles. The van der Waals surface area contributed by atoms with Gasteiger partial charge in [0.15, 0.2) is 11.6 Å². The lowest BCUT2D eigenvalue weighted by Crippen LogP contribution is -1.99. The van der Waals surface area contributed by atoms with E-state index in [1.807, 2.05) is 0 Å². The Balaban J connectivity index is 2.49. The molecule has 1 heterocycles. The van der Waals surface area contributed by atoms with E-state index >= 15 is 0 Å². The number of halogens is 1. The quantitative estimate of drug-likeness (QED) is 0.828. The van der Waals surface area contributed by atoms with Gasteiger partial charge in [0.05, 0.1) is 5.69 Å². The molecule has 2 rings (SSSR count). The molecule has 0 aliphatic carbocycles. The van der Waals surface area contributed by atoms with E-state index in [9.17, 15) is 4.39 Å². The highest BCUT2D eigenvalue weighted by Gasteiger charge is 2.13. The molecule has 4 nitrogen and oxygen atoms in total. The smallest absolute Gasteiger partial charge is 0.160 e. The van der Waals surface area contributed by atoms with Gasteiger partial charge in [0, 0.05) is 19.0 Å². The van der Waals surface area contributed by atoms with Gasteiger partial charge in [0.25, 0.3) is 0 Å². The number of hydrogen-bond donors (Lipinski definition) is 1. The van der Waals surface area contributed by atoms with E-state index in [0.717, 1.165) is 18.7 Å². The molecule has 1 aromatic carbocycles. The van der Waals surface area contributed by atoms with Crippen molar-refractivity contribution in [3.63, 3.8) is 0 Å². The first-order valence-corrected chi connectivity index (χ1v) is 5.57. The number of aromatic nitrogens is 3. The van der Waals surface area contributed by atoms with Crippen LogP contribution in [0.3, 0.4) is 0 Å². The number of aryl methyl sites for hydroxylation is 2. The monoisotopic (exact) mass is 234 g/mol. The topological polar surface area (TPSA) is 56.7 Å². The molecule has 0 amide bonds. The Morgan fingerprint density at radius 2 is 2.18 bits per heavy atom. The minimum absolute atomic E-state index is 0.117. The van der Waals surface area contributed by atoms with E-state index in [0.29, 0.717) is 11.4 Å². The molecule has 17 heavy (non-hydrogen) atoms. The fraction of sp³-hybridized carbons (Fsp3) is 0.333. The summed E-state index contributed by atoms with van der Waals surface area (Å²) in [5.74, 6) is 0.932. The minimum atomic E-state index is -0.428. The summed E-state index contributed by atoms with van der Waals surface area (Å²) in [4.78, 5) is 4.38. The summed E-state index contributed by atoms with van der Waals surface area (Å²) in [6.45, 7) is 2.06. The van der Waals surface area contributed by atoms with Crippen LogP contribution in [-0.2, 0) is 13.5 Å². The third-order valence-corrected chi connectivity index (χ3v) is 2.57. The lowest BCUT2D eigenvalue weighted by molar-refractivity contribution is 0.632. The largest absolute Gasteiger partial charge is 0.396 e. The lowest BCUT2D eigenvalue weighted by Gasteiger charge is -2.04. The first-order valence-electron chi connectivity index (χ1n) is 5.57. The van der Waals surface area contributed by atoms with Crippen LogP contribution < -0.4 is 5.73 Å². The predicted molar refractivity (Wildman–Crippen MR) is 64.8 cm³/mol. The van der Waals surface area contributed by atoms with Crippen molar-refractivity contribution in [3.8, 4) is 11.4 Å². The Hall–Kier alpha value is -1.91. The van der Waals surface area contributed by atoms with Gasteiger partial charge in [0.2, 0.25) is 0 Å². The molecular formula is C12H15FN4. The van der Waals surface area contributed by atoms with E-state index in [4.69, 9.17) is 5.73 Å². The first kappa shape index (κ1) is 11.6. The van der Waals surface area contributed by atoms with Gasteiger partial charge in [-0.25, -0.2) is 14.1 Å². The minimum Gasteiger partial charge on any atom is -0.396 e. The molecule has 0 spiro atoms. The van der Waals surface area contributed by atoms with Crippen LogP contribution in [0.2, 0.25) is 0 Å². The number of nitrogen functional groups attached to an aromatic ring is 1. The number of rotatable bonds is 3. The molecule has 0 aliphatic rings. The highest BCUT2D eigenvalue weighted by molar-refractivity contribution is 5.71. The second kappa shape index (κ2) is 4.53. The van der Waals surface area contributed by atoms with Crippen LogP contribution in [-0.4, -0.2) is 14.8 Å². The van der Waals surface area contributed by atoms with E-state index in [2.05, 4.69) is 17.0 Å². The average Bonchev–Trinajstić information content (AvgIpc) is 2.64. The second-order valence-corrected chi connectivity index (χ2v) is 3.93. The van der Waals surface area contributed by atoms with Gasteiger partial charge in [-0.05, 0) is 18.6 Å². The Kier molecular flexibility index (Phi) is 3.08. The standard InChI is InChI=1S/C12H15FN4/c1-3-5-10-15-12(17(2)16-10)8-6-4-7-9(13)11(8)14/h4,6-7H,3,5,14H2,1-2H3. The molecule has 0 atom stereocenters. The second-order valence-electron chi connectivity index (χ2n) is 3.93. The van der Waals surface area contributed by atoms with Gasteiger partial charge >= 0.3 is 0 Å². The maximum atomic E-state index is 13.4. The highest BCUT2D eigenvalue weighted by atomic mass is 19.1. The number of anilines is 1. The molecule has 2 N–H and O–H groups in total. The molecular weight excluding hydrogens is 219 g/mol. The Bertz CT molecular complexity index is 533. The summed E-state index contributed by atoms with van der Waals surface area (Å²) in [6.07, 6.45) is 1.78. The summed E-state index contributed by atoms with van der Waals surface area (Å²) in [5, 5.41) is 4.28. The Labute approximate surface area is 99.3 Å². The van der Waals surface area contributed by atoms with Crippen LogP contribution in [0.4, 0.5) is 10.1 Å². The fourth-order valence-electron chi connectivity index (χ4n) is 1.73. The van der Waals surface area contributed by atoms with Crippen molar-refractivity contribution in [3.05, 3.63) is 29.8 Å². The maximum absolute atomic E-state index is 13.4. The Morgan fingerprint density at radius 1 is 1.41 bits per heavy atom. The van der Waals surface area contributed by atoms with Crippen molar-refractivity contribution >= 4 is 5.69 Å². The van der Waals surface area contributed by atoms with Crippen molar-refractivity contribution in [2.75, 3.05) is 5.73 Å². The zero-order valence-corrected chi connectivity index (χ0v) is 9.94. The van der Waals surface area contributed by atoms with E-state index in [1.165, 1.54) is 6.07 Å². The van der Waals surface area contributed by atoms with Gasteiger partial charge < -0.3 is 5.73 Å². The molecule has 0 radical (unpaired) electrons. The van der Waals surface area contributed by atoms with E-state index < -0.39 is 5.82 Å². The van der Waals surface area contributed by atoms with Crippen molar-refractivity contribution in [1.82, 2.24) is 14.8 Å². The summed E-state index contributed by atoms with van der Waals surface area (Å²) < 4.78 is 15.0. The predicted octanol–water partition coefficient (Wildman–Crippen LogP) is 2.16. The Morgan fingerprint density at radius 3 is 2.88 bits per heavy atom. The summed E-state index contributed by atoms with van der Waals surface area (Å²) in [5.41, 5.74) is 6.41. The number of nitrogens with two attached hydrogens (primary N) is 1. The van der Waals surface area contributed by atoms with Crippen LogP contribution in [0.1, 0.15) is 19.2 Å². The normalized spacial score (nSPS) is 10.8. The van der Waals surface area contributed by atoms with Crippen LogP contribution in [0.15, 0.2) is 18.2 Å². The lowest BCUT2D eigenvalue weighted by atomic mass is 10.1. The third kappa shape index (κ3) is 2.13. The van der Waals surface area contributed by atoms with Crippen LogP contribution >= 0.6 is 0 Å². The molecule has 0 bridgehead atoms. The van der Waals surface area contributed by atoms with Crippen molar-refractivity contribution < 1.29 is 4.39 Å². The molecule has 0 unspecified atom stereocenters. The summed E-state index contributed by atoms with van der Waals surface area (Å²) in [6, 6.07) is 4.70.